The van der Waals surface area contributed by atoms with Crippen molar-refractivity contribution in [3.8, 4) is 0 Å². The van der Waals surface area contributed by atoms with Gasteiger partial charge in [0.1, 0.15) is 0 Å². The van der Waals surface area contributed by atoms with E-state index in [1.54, 1.807) is 0 Å². The zero-order valence-corrected chi connectivity index (χ0v) is 17.3. The van der Waals surface area contributed by atoms with E-state index < -0.39 is 0 Å². The number of hydrogen-bond donors (Lipinski definition) is 1. The quantitative estimate of drug-likeness (QED) is 0.802. The van der Waals surface area contributed by atoms with Crippen molar-refractivity contribution in [3.63, 3.8) is 0 Å². The predicted octanol–water partition coefficient (Wildman–Crippen LogP) is 2.82. The number of nitrogens with zero attached hydrogens (tertiary/aromatic N) is 3. The van der Waals surface area contributed by atoms with Gasteiger partial charge >= 0.3 is 0 Å². The molecule has 3 rings (SSSR count). The Kier molecular flexibility index (Phi) is 7.06. The van der Waals surface area contributed by atoms with Crippen LogP contribution < -0.4 is 10.2 Å². The van der Waals surface area contributed by atoms with Gasteiger partial charge in [-0.05, 0) is 35.9 Å². The fraction of sp³-hybridized carbons (Fsp3) is 0.435. The van der Waals surface area contributed by atoms with Crippen LogP contribution >= 0.6 is 0 Å². The summed E-state index contributed by atoms with van der Waals surface area (Å²) in [5.41, 5.74) is 4.17. The Balaban J connectivity index is 1.49. The zero-order chi connectivity index (χ0) is 19.9. The third kappa shape index (κ3) is 5.57. The Morgan fingerprint density at radius 3 is 2.25 bits per heavy atom. The van der Waals surface area contributed by atoms with Gasteiger partial charge in [-0.25, -0.2) is 0 Å². The van der Waals surface area contributed by atoms with Crippen LogP contribution in [0, 0.1) is 0 Å². The number of rotatable bonds is 7. The molecule has 0 aromatic heterocycles. The Hall–Kier alpha value is -2.37. The number of nitrogens with one attached hydrogen (secondary N) is 1. The maximum Gasteiger partial charge on any atom is 0.251 e. The van der Waals surface area contributed by atoms with E-state index in [9.17, 15) is 4.79 Å². The molecule has 0 saturated carbocycles. The molecule has 5 heteroatoms. The van der Waals surface area contributed by atoms with Crippen molar-refractivity contribution in [1.82, 2.24) is 15.1 Å². The van der Waals surface area contributed by atoms with E-state index in [-0.39, 0.29) is 5.91 Å². The normalized spacial score (nSPS) is 15.4. The number of anilines is 1. The zero-order valence-electron chi connectivity index (χ0n) is 17.3. The van der Waals surface area contributed by atoms with Crippen LogP contribution in [0.4, 0.5) is 5.69 Å². The minimum Gasteiger partial charge on any atom is -0.378 e. The molecule has 0 spiro atoms. The summed E-state index contributed by atoms with van der Waals surface area (Å²) in [6.07, 6.45) is 0. The van der Waals surface area contributed by atoms with Crippen molar-refractivity contribution in [1.29, 1.82) is 0 Å². The highest BCUT2D eigenvalue weighted by molar-refractivity contribution is 5.95. The lowest BCUT2D eigenvalue weighted by Gasteiger charge is -2.34. The van der Waals surface area contributed by atoms with Crippen LogP contribution in [-0.4, -0.2) is 62.5 Å². The first-order valence-electron chi connectivity index (χ1n) is 10.1. The van der Waals surface area contributed by atoms with E-state index in [0.29, 0.717) is 12.1 Å². The van der Waals surface area contributed by atoms with Gasteiger partial charge in [0.05, 0.1) is 0 Å². The van der Waals surface area contributed by atoms with Crippen molar-refractivity contribution < 1.29 is 4.79 Å². The first kappa shape index (κ1) is 20.4. The van der Waals surface area contributed by atoms with E-state index in [1.807, 2.05) is 43.3 Å². The summed E-state index contributed by atoms with van der Waals surface area (Å²) >= 11 is 0. The Morgan fingerprint density at radius 2 is 1.61 bits per heavy atom. The molecule has 1 N–H and O–H groups in total. The first-order chi connectivity index (χ1) is 13.5. The van der Waals surface area contributed by atoms with Crippen LogP contribution in [-0.2, 0) is 13.1 Å². The van der Waals surface area contributed by atoms with Crippen LogP contribution in [0.1, 0.15) is 28.4 Å². The van der Waals surface area contributed by atoms with E-state index >= 15 is 0 Å². The second-order valence-electron chi connectivity index (χ2n) is 7.65. The van der Waals surface area contributed by atoms with Gasteiger partial charge in [0.25, 0.3) is 5.91 Å². The highest BCUT2D eigenvalue weighted by Gasteiger charge is 2.15. The molecule has 0 bridgehead atoms. The lowest BCUT2D eigenvalue weighted by atomic mass is 10.1. The molecular weight excluding hydrogens is 348 g/mol. The standard InChI is InChI=1S/C23H32N4O/c1-4-26-12-14-27(15-13-26)18-20-10-8-19(9-11-20)17-24-23(28)21-6-5-7-22(16-21)25(2)3/h5-11,16H,4,12-15,17-18H2,1-3H3,(H,24,28). The van der Waals surface area contributed by atoms with Crippen LogP contribution in [0.25, 0.3) is 0 Å². The third-order valence-electron chi connectivity index (χ3n) is 5.42. The summed E-state index contributed by atoms with van der Waals surface area (Å²) < 4.78 is 0. The maximum absolute atomic E-state index is 12.4. The number of carbonyl (C=O) groups excluding carboxylic acids is 1. The molecule has 1 heterocycles. The van der Waals surface area contributed by atoms with E-state index in [2.05, 4.69) is 46.3 Å². The van der Waals surface area contributed by atoms with Gasteiger partial charge in [0, 0.05) is 64.6 Å². The second-order valence-corrected chi connectivity index (χ2v) is 7.65. The van der Waals surface area contributed by atoms with Gasteiger partial charge < -0.3 is 15.1 Å². The highest BCUT2D eigenvalue weighted by atomic mass is 16.1. The van der Waals surface area contributed by atoms with Gasteiger partial charge in [-0.2, -0.15) is 0 Å². The molecule has 28 heavy (non-hydrogen) atoms. The fourth-order valence-electron chi connectivity index (χ4n) is 3.49. The summed E-state index contributed by atoms with van der Waals surface area (Å²) in [5.74, 6) is -0.0402. The summed E-state index contributed by atoms with van der Waals surface area (Å²) in [4.78, 5) is 19.4. The largest absolute Gasteiger partial charge is 0.378 e. The van der Waals surface area contributed by atoms with Gasteiger partial charge in [-0.15, -0.1) is 0 Å². The predicted molar refractivity (Wildman–Crippen MR) is 116 cm³/mol. The summed E-state index contributed by atoms with van der Waals surface area (Å²) in [5, 5.41) is 3.02. The molecule has 1 aliphatic heterocycles. The molecule has 2 aromatic carbocycles. The minimum absolute atomic E-state index is 0.0402. The lowest BCUT2D eigenvalue weighted by molar-refractivity contribution is 0.0951. The maximum atomic E-state index is 12.4. The number of amides is 1. The van der Waals surface area contributed by atoms with Crippen molar-refractivity contribution in [3.05, 3.63) is 65.2 Å². The van der Waals surface area contributed by atoms with Crippen LogP contribution in [0.3, 0.4) is 0 Å². The van der Waals surface area contributed by atoms with Crippen molar-refractivity contribution >= 4 is 11.6 Å². The minimum atomic E-state index is -0.0402. The van der Waals surface area contributed by atoms with Gasteiger partial charge in [-0.3, -0.25) is 9.69 Å². The Labute approximate surface area is 168 Å². The van der Waals surface area contributed by atoms with Crippen LogP contribution in [0.15, 0.2) is 48.5 Å². The average molecular weight is 381 g/mol. The van der Waals surface area contributed by atoms with Gasteiger partial charge in [0.2, 0.25) is 0 Å². The Morgan fingerprint density at radius 1 is 0.964 bits per heavy atom. The monoisotopic (exact) mass is 380 g/mol. The van der Waals surface area contributed by atoms with Crippen molar-refractivity contribution in [2.75, 3.05) is 51.7 Å². The third-order valence-corrected chi connectivity index (χ3v) is 5.42. The van der Waals surface area contributed by atoms with Crippen LogP contribution in [0.5, 0.6) is 0 Å². The highest BCUT2D eigenvalue weighted by Crippen LogP contribution is 2.14. The average Bonchev–Trinajstić information content (AvgIpc) is 2.73. The molecule has 0 unspecified atom stereocenters. The smallest absolute Gasteiger partial charge is 0.251 e. The van der Waals surface area contributed by atoms with Crippen molar-refractivity contribution in [2.45, 2.75) is 20.0 Å². The molecule has 5 nitrogen and oxygen atoms in total. The lowest BCUT2D eigenvalue weighted by Crippen LogP contribution is -2.45. The summed E-state index contributed by atoms with van der Waals surface area (Å²) in [7, 11) is 3.95. The molecule has 0 atom stereocenters. The van der Waals surface area contributed by atoms with Gasteiger partial charge in [-0.1, -0.05) is 37.3 Å². The summed E-state index contributed by atoms with van der Waals surface area (Å²) in [6, 6.07) is 16.3. The fourth-order valence-corrected chi connectivity index (χ4v) is 3.49. The number of carbonyl (C=O) groups is 1. The van der Waals surface area contributed by atoms with Gasteiger partial charge in [0.15, 0.2) is 0 Å². The Bertz CT molecular complexity index is 764. The van der Waals surface area contributed by atoms with Crippen molar-refractivity contribution in [2.24, 2.45) is 0 Å². The molecule has 0 radical (unpaired) electrons. The topological polar surface area (TPSA) is 38.8 Å². The van der Waals surface area contributed by atoms with Crippen LogP contribution in [0.2, 0.25) is 0 Å². The van der Waals surface area contributed by atoms with E-state index in [1.165, 1.54) is 5.56 Å². The molecule has 1 fully saturated rings. The summed E-state index contributed by atoms with van der Waals surface area (Å²) in [6.45, 7) is 9.52. The second kappa shape index (κ2) is 9.71. The molecular formula is C23H32N4O. The number of piperazine rings is 1. The van der Waals surface area contributed by atoms with E-state index in [0.717, 1.165) is 50.5 Å². The SMILES string of the molecule is CCN1CCN(Cc2ccc(CNC(=O)c3cccc(N(C)C)c3)cc2)CC1. The first-order valence-corrected chi connectivity index (χ1v) is 10.1. The molecule has 1 aliphatic rings. The molecule has 2 aromatic rings. The van der Waals surface area contributed by atoms with E-state index in [4.69, 9.17) is 0 Å². The number of benzene rings is 2. The molecule has 150 valence electrons. The molecule has 1 amide bonds. The molecule has 1 saturated heterocycles. The number of likely N-dealkylation sites (N-methyl/N-ethyl adjacent to an activating group) is 1. The molecule has 0 aliphatic carbocycles. The number of hydrogen-bond acceptors (Lipinski definition) is 4.